The van der Waals surface area contributed by atoms with Crippen LogP contribution in [0.15, 0.2) is 12.1 Å². The molecule has 17 heavy (non-hydrogen) atoms. The number of imidazole rings is 1. The number of nitrogens with one attached hydrogen (secondary N) is 1. The molecule has 2 aromatic rings. The van der Waals surface area contributed by atoms with Crippen molar-refractivity contribution in [1.82, 2.24) is 9.97 Å². The largest absolute Gasteiger partial charge is 0.342 e. The van der Waals surface area contributed by atoms with E-state index in [1.165, 1.54) is 11.1 Å². The van der Waals surface area contributed by atoms with Gasteiger partial charge in [-0.15, -0.1) is 0 Å². The minimum Gasteiger partial charge on any atom is -0.342 e. The lowest BCUT2D eigenvalue weighted by Crippen LogP contribution is -2.02. The lowest BCUT2D eigenvalue weighted by Gasteiger charge is -2.06. The van der Waals surface area contributed by atoms with E-state index in [0.717, 1.165) is 36.2 Å². The van der Waals surface area contributed by atoms with Crippen molar-refractivity contribution in [1.29, 1.82) is 0 Å². The summed E-state index contributed by atoms with van der Waals surface area (Å²) in [6, 6.07) is 4.34. The predicted molar refractivity (Wildman–Crippen MR) is 72.3 cm³/mol. The number of rotatable bonds is 4. The molecule has 1 aromatic heterocycles. The fourth-order valence-electron chi connectivity index (χ4n) is 2.28. The van der Waals surface area contributed by atoms with Gasteiger partial charge in [0.05, 0.1) is 11.0 Å². The maximum atomic E-state index is 5.54. The molecule has 1 aromatic carbocycles. The van der Waals surface area contributed by atoms with Gasteiger partial charge >= 0.3 is 0 Å². The lowest BCUT2D eigenvalue weighted by molar-refractivity contribution is 0.616. The molecule has 0 aliphatic carbocycles. The maximum Gasteiger partial charge on any atom is 0.110 e. The number of nitrogens with two attached hydrogens (primary N) is 1. The maximum absolute atomic E-state index is 5.54. The molecule has 1 heterocycles. The summed E-state index contributed by atoms with van der Waals surface area (Å²) in [7, 11) is 0. The number of H-pyrrole nitrogens is 1. The molecule has 0 saturated carbocycles. The molecular weight excluding hydrogens is 210 g/mol. The van der Waals surface area contributed by atoms with Crippen molar-refractivity contribution in [2.75, 3.05) is 6.54 Å². The minimum absolute atomic E-state index is 0.450. The van der Waals surface area contributed by atoms with Gasteiger partial charge in [-0.05, 0) is 50.4 Å². The highest BCUT2D eigenvalue weighted by molar-refractivity contribution is 5.79. The SMILES string of the molecule is Cc1cc(C)c2nc(C(C)CCCN)[nH]c2c1. The number of aryl methyl sites for hydroxylation is 2. The highest BCUT2D eigenvalue weighted by Crippen LogP contribution is 2.23. The third-order valence-corrected chi connectivity index (χ3v) is 3.25. The van der Waals surface area contributed by atoms with Crippen LogP contribution in [-0.2, 0) is 0 Å². The van der Waals surface area contributed by atoms with E-state index in [-0.39, 0.29) is 0 Å². The second-order valence-corrected chi connectivity index (χ2v) is 4.93. The van der Waals surface area contributed by atoms with Gasteiger partial charge < -0.3 is 10.7 Å². The topological polar surface area (TPSA) is 54.7 Å². The Labute approximate surface area is 102 Å². The normalized spacial score (nSPS) is 13.2. The van der Waals surface area contributed by atoms with Crippen LogP contribution in [0.2, 0.25) is 0 Å². The minimum atomic E-state index is 0.450. The molecule has 0 aliphatic rings. The Morgan fingerprint density at radius 1 is 1.35 bits per heavy atom. The molecule has 3 nitrogen and oxygen atoms in total. The molecule has 3 N–H and O–H groups in total. The van der Waals surface area contributed by atoms with E-state index in [1.54, 1.807) is 0 Å². The van der Waals surface area contributed by atoms with Crippen LogP contribution >= 0.6 is 0 Å². The van der Waals surface area contributed by atoms with E-state index in [4.69, 9.17) is 10.7 Å². The molecule has 0 radical (unpaired) electrons. The molecule has 0 amide bonds. The van der Waals surface area contributed by atoms with Crippen LogP contribution in [0.5, 0.6) is 0 Å². The summed E-state index contributed by atoms with van der Waals surface area (Å²) in [6.45, 7) is 7.19. The van der Waals surface area contributed by atoms with Crippen LogP contribution in [-0.4, -0.2) is 16.5 Å². The van der Waals surface area contributed by atoms with E-state index in [9.17, 15) is 0 Å². The van der Waals surface area contributed by atoms with E-state index < -0.39 is 0 Å². The molecule has 3 heteroatoms. The first kappa shape index (κ1) is 12.1. The van der Waals surface area contributed by atoms with Crippen LogP contribution in [0.3, 0.4) is 0 Å². The summed E-state index contributed by atoms with van der Waals surface area (Å²) in [4.78, 5) is 8.14. The highest BCUT2D eigenvalue weighted by atomic mass is 14.9. The summed E-state index contributed by atoms with van der Waals surface area (Å²) < 4.78 is 0. The Balaban J connectivity index is 2.34. The first-order chi connectivity index (χ1) is 8.11. The standard InChI is InChI=1S/C14H21N3/c1-9-7-11(3)13-12(8-9)16-14(17-13)10(2)5-4-6-15/h7-8,10H,4-6,15H2,1-3H3,(H,16,17). The molecule has 0 fully saturated rings. The zero-order valence-corrected chi connectivity index (χ0v) is 10.9. The van der Waals surface area contributed by atoms with Crippen LogP contribution in [0.4, 0.5) is 0 Å². The summed E-state index contributed by atoms with van der Waals surface area (Å²) >= 11 is 0. The molecule has 0 bridgehead atoms. The Morgan fingerprint density at radius 3 is 2.82 bits per heavy atom. The second-order valence-electron chi connectivity index (χ2n) is 4.93. The predicted octanol–water partition coefficient (Wildman–Crippen LogP) is 3.02. The number of aromatic nitrogens is 2. The summed E-state index contributed by atoms with van der Waals surface area (Å²) in [5.41, 5.74) is 10.3. The van der Waals surface area contributed by atoms with Crippen molar-refractivity contribution in [3.63, 3.8) is 0 Å². The highest BCUT2D eigenvalue weighted by Gasteiger charge is 2.11. The number of benzene rings is 1. The second kappa shape index (κ2) is 4.88. The number of hydrogen-bond acceptors (Lipinski definition) is 2. The quantitative estimate of drug-likeness (QED) is 0.849. The molecule has 1 atom stereocenters. The number of fused-ring (bicyclic) bond motifs is 1. The summed E-state index contributed by atoms with van der Waals surface area (Å²) in [5.74, 6) is 1.54. The van der Waals surface area contributed by atoms with E-state index in [2.05, 4.69) is 37.9 Å². The third kappa shape index (κ3) is 2.50. The average Bonchev–Trinajstić information content (AvgIpc) is 2.69. The summed E-state index contributed by atoms with van der Waals surface area (Å²) in [6.07, 6.45) is 2.14. The van der Waals surface area contributed by atoms with Gasteiger partial charge in [-0.3, -0.25) is 0 Å². The van der Waals surface area contributed by atoms with Gasteiger partial charge in [0.15, 0.2) is 0 Å². The van der Waals surface area contributed by atoms with Gasteiger partial charge in [-0.25, -0.2) is 4.98 Å². The first-order valence-corrected chi connectivity index (χ1v) is 6.28. The van der Waals surface area contributed by atoms with Gasteiger partial charge in [0.2, 0.25) is 0 Å². The fourth-order valence-corrected chi connectivity index (χ4v) is 2.28. The Morgan fingerprint density at radius 2 is 2.12 bits per heavy atom. The van der Waals surface area contributed by atoms with Gasteiger partial charge in [0.1, 0.15) is 5.82 Å². The van der Waals surface area contributed by atoms with E-state index >= 15 is 0 Å². The molecule has 0 aliphatic heterocycles. The van der Waals surface area contributed by atoms with Gasteiger partial charge in [-0.1, -0.05) is 13.0 Å². The van der Waals surface area contributed by atoms with Gasteiger partial charge in [0, 0.05) is 5.92 Å². The zero-order valence-electron chi connectivity index (χ0n) is 10.9. The van der Waals surface area contributed by atoms with Crippen molar-refractivity contribution < 1.29 is 0 Å². The molecule has 0 saturated heterocycles. The van der Waals surface area contributed by atoms with Crippen molar-refractivity contribution in [3.05, 3.63) is 29.1 Å². The van der Waals surface area contributed by atoms with E-state index in [0.29, 0.717) is 5.92 Å². The Bertz CT molecular complexity index is 513. The monoisotopic (exact) mass is 231 g/mol. The molecule has 92 valence electrons. The lowest BCUT2D eigenvalue weighted by atomic mass is 10.1. The van der Waals surface area contributed by atoms with Gasteiger partial charge in [-0.2, -0.15) is 0 Å². The molecule has 2 rings (SSSR count). The number of hydrogen-bond donors (Lipinski definition) is 2. The zero-order chi connectivity index (χ0) is 12.4. The molecule has 1 unspecified atom stereocenters. The smallest absolute Gasteiger partial charge is 0.110 e. The van der Waals surface area contributed by atoms with E-state index in [1.807, 2.05) is 0 Å². The van der Waals surface area contributed by atoms with Crippen LogP contribution in [0, 0.1) is 13.8 Å². The third-order valence-electron chi connectivity index (χ3n) is 3.25. The van der Waals surface area contributed by atoms with Crippen LogP contribution in [0.1, 0.15) is 42.6 Å². The Hall–Kier alpha value is -1.35. The molecular formula is C14H21N3. The first-order valence-electron chi connectivity index (χ1n) is 6.28. The average molecular weight is 231 g/mol. The van der Waals surface area contributed by atoms with Gasteiger partial charge in [0.25, 0.3) is 0 Å². The van der Waals surface area contributed by atoms with Crippen molar-refractivity contribution in [3.8, 4) is 0 Å². The molecule has 0 spiro atoms. The fraction of sp³-hybridized carbons (Fsp3) is 0.500. The van der Waals surface area contributed by atoms with Crippen LogP contribution < -0.4 is 5.73 Å². The van der Waals surface area contributed by atoms with Crippen LogP contribution in [0.25, 0.3) is 11.0 Å². The summed E-state index contributed by atoms with van der Waals surface area (Å²) in [5, 5.41) is 0. The number of nitrogens with zero attached hydrogens (tertiary/aromatic N) is 1. The van der Waals surface area contributed by atoms with Crippen molar-refractivity contribution in [2.24, 2.45) is 5.73 Å². The Kier molecular flexibility index (Phi) is 3.48. The van der Waals surface area contributed by atoms with Crippen molar-refractivity contribution >= 4 is 11.0 Å². The van der Waals surface area contributed by atoms with Crippen molar-refractivity contribution in [2.45, 2.75) is 39.5 Å². The number of aromatic amines is 1.